The minimum absolute atomic E-state index is 0.144. The molecule has 0 aliphatic rings. The van der Waals surface area contributed by atoms with Crippen molar-refractivity contribution in [3.8, 4) is 0 Å². The van der Waals surface area contributed by atoms with Crippen LogP contribution in [-0.2, 0) is 19.3 Å². The van der Waals surface area contributed by atoms with E-state index in [-0.39, 0.29) is 12.1 Å². The van der Waals surface area contributed by atoms with E-state index < -0.39 is 10.4 Å². The molecule has 0 aromatic carbocycles. The molecule has 82 valence electrons. The number of hydrogen-bond acceptors (Lipinski definition) is 5. The van der Waals surface area contributed by atoms with Crippen LogP contribution in [0.5, 0.6) is 0 Å². The molecule has 6 nitrogen and oxygen atoms in total. The van der Waals surface area contributed by atoms with Crippen LogP contribution < -0.4 is 5.73 Å². The van der Waals surface area contributed by atoms with Crippen molar-refractivity contribution in [3.05, 3.63) is 0 Å². The zero-order chi connectivity index (χ0) is 11.1. The number of ether oxygens (including phenoxy) is 1. The Morgan fingerprint density at radius 2 is 1.62 bits per heavy atom. The fraction of sp³-hybridized carbons (Fsp3) is 1.00. The third-order valence-corrected chi connectivity index (χ3v) is 1.74. The molecule has 0 bridgehead atoms. The van der Waals surface area contributed by atoms with E-state index in [1.807, 2.05) is 13.8 Å². The van der Waals surface area contributed by atoms with Gasteiger partial charge in [-0.25, -0.2) is 0 Å². The number of nitrogens with two attached hydrogens (primary N) is 1. The minimum Gasteiger partial charge on any atom is -0.380 e. The van der Waals surface area contributed by atoms with Crippen molar-refractivity contribution in [2.45, 2.75) is 26.0 Å². The van der Waals surface area contributed by atoms with Gasteiger partial charge in [0.15, 0.2) is 0 Å². The molecule has 7 heteroatoms. The van der Waals surface area contributed by atoms with E-state index in [1.54, 1.807) is 7.11 Å². The number of rotatable bonds is 3. The van der Waals surface area contributed by atoms with Crippen LogP contribution in [0.25, 0.3) is 0 Å². The molecule has 2 unspecified atom stereocenters. The quantitative estimate of drug-likeness (QED) is 0.633. The van der Waals surface area contributed by atoms with Gasteiger partial charge in [-0.3, -0.25) is 8.74 Å². The van der Waals surface area contributed by atoms with E-state index >= 15 is 0 Å². The maximum Gasteiger partial charge on any atom is 0.397 e. The standard InChI is InChI=1S/C5H13NO.CH4O4S/c1-4(6)5(2)7-3;1-5-6(2,3)4/h4-5H,6H2,1-3H3;1H3,(H,2,3,4). The van der Waals surface area contributed by atoms with Gasteiger partial charge in [0.1, 0.15) is 0 Å². The van der Waals surface area contributed by atoms with Gasteiger partial charge < -0.3 is 10.5 Å². The van der Waals surface area contributed by atoms with Crippen LogP contribution in [0, 0.1) is 0 Å². The predicted molar refractivity (Wildman–Crippen MR) is 48.7 cm³/mol. The van der Waals surface area contributed by atoms with Gasteiger partial charge in [-0.1, -0.05) is 0 Å². The summed E-state index contributed by atoms with van der Waals surface area (Å²) < 4.78 is 34.6. The molecule has 13 heavy (non-hydrogen) atoms. The molecule has 3 N–H and O–H groups in total. The molecule has 0 spiro atoms. The molecule has 0 aromatic heterocycles. The SMILES string of the molecule is COC(C)C(C)N.COS(=O)(=O)O. The Balaban J connectivity index is 0. The Kier molecular flexibility index (Phi) is 8.48. The highest BCUT2D eigenvalue weighted by Gasteiger charge is 2.02. The minimum atomic E-state index is -4.16. The van der Waals surface area contributed by atoms with Gasteiger partial charge in [0, 0.05) is 13.2 Å². The molecule has 0 saturated heterocycles. The van der Waals surface area contributed by atoms with Crippen LogP contribution >= 0.6 is 0 Å². The lowest BCUT2D eigenvalue weighted by molar-refractivity contribution is 0.101. The Hall–Kier alpha value is -0.210. The summed E-state index contributed by atoms with van der Waals surface area (Å²) in [6.07, 6.45) is 0.181. The summed E-state index contributed by atoms with van der Waals surface area (Å²) in [6.45, 7) is 3.87. The summed E-state index contributed by atoms with van der Waals surface area (Å²) in [5, 5.41) is 0. The second-order valence-corrected chi connectivity index (χ2v) is 3.58. The second kappa shape index (κ2) is 7.22. The fourth-order valence-corrected chi connectivity index (χ4v) is 0.215. The molecular formula is C6H17NO5S. The highest BCUT2D eigenvalue weighted by Crippen LogP contribution is 1.89. The van der Waals surface area contributed by atoms with Crippen molar-refractivity contribution in [1.82, 2.24) is 0 Å². The predicted octanol–water partition coefficient (Wildman–Crippen LogP) is -0.196. The first-order chi connectivity index (χ1) is 5.74. The zero-order valence-corrected chi connectivity index (χ0v) is 9.04. The Morgan fingerprint density at radius 3 is 1.62 bits per heavy atom. The molecular weight excluding hydrogens is 198 g/mol. The summed E-state index contributed by atoms with van der Waals surface area (Å²) in [5.41, 5.74) is 5.42. The summed E-state index contributed by atoms with van der Waals surface area (Å²) in [5.74, 6) is 0. The first-order valence-electron chi connectivity index (χ1n) is 3.56. The Morgan fingerprint density at radius 1 is 1.31 bits per heavy atom. The van der Waals surface area contributed by atoms with Crippen LogP contribution in [0.2, 0.25) is 0 Å². The average Bonchev–Trinajstić information content (AvgIpc) is 2.02. The molecule has 0 amide bonds. The highest BCUT2D eigenvalue weighted by molar-refractivity contribution is 7.80. The van der Waals surface area contributed by atoms with Gasteiger partial charge in [-0.15, -0.1) is 0 Å². The molecule has 0 radical (unpaired) electrons. The lowest BCUT2D eigenvalue weighted by Crippen LogP contribution is -2.30. The summed E-state index contributed by atoms with van der Waals surface area (Å²) in [7, 11) is -1.63. The van der Waals surface area contributed by atoms with E-state index in [9.17, 15) is 8.42 Å². The van der Waals surface area contributed by atoms with Gasteiger partial charge in [-0.05, 0) is 13.8 Å². The molecule has 0 aromatic rings. The van der Waals surface area contributed by atoms with Crippen LogP contribution in [0.3, 0.4) is 0 Å². The van der Waals surface area contributed by atoms with Crippen molar-refractivity contribution in [1.29, 1.82) is 0 Å². The molecule has 0 rings (SSSR count). The summed E-state index contributed by atoms with van der Waals surface area (Å²) in [4.78, 5) is 0. The van der Waals surface area contributed by atoms with E-state index in [1.165, 1.54) is 0 Å². The molecule has 2 atom stereocenters. The van der Waals surface area contributed by atoms with Crippen LogP contribution in [0.4, 0.5) is 0 Å². The van der Waals surface area contributed by atoms with E-state index in [0.717, 1.165) is 7.11 Å². The van der Waals surface area contributed by atoms with E-state index in [2.05, 4.69) is 4.18 Å². The van der Waals surface area contributed by atoms with Crippen molar-refractivity contribution in [3.63, 3.8) is 0 Å². The first kappa shape index (κ1) is 15.3. The van der Waals surface area contributed by atoms with Gasteiger partial charge in [0.05, 0.1) is 13.2 Å². The largest absolute Gasteiger partial charge is 0.397 e. The molecule has 0 fully saturated rings. The molecule has 0 aliphatic heterocycles. The molecule has 0 aliphatic carbocycles. The lowest BCUT2D eigenvalue weighted by Gasteiger charge is -2.11. The summed E-state index contributed by atoms with van der Waals surface area (Å²) >= 11 is 0. The summed E-state index contributed by atoms with van der Waals surface area (Å²) in [6, 6.07) is 0.144. The lowest BCUT2D eigenvalue weighted by atomic mass is 10.2. The number of methoxy groups -OCH3 is 1. The van der Waals surface area contributed by atoms with Crippen molar-refractivity contribution in [2.24, 2.45) is 5.73 Å². The topological polar surface area (TPSA) is 98.9 Å². The molecule has 0 saturated carbocycles. The maximum atomic E-state index is 9.33. The normalized spacial score (nSPS) is 15.5. The van der Waals surface area contributed by atoms with Crippen LogP contribution in [0.15, 0.2) is 0 Å². The van der Waals surface area contributed by atoms with Crippen molar-refractivity contribution in [2.75, 3.05) is 14.2 Å². The Bertz CT molecular complexity index is 201. The van der Waals surface area contributed by atoms with E-state index in [0.29, 0.717) is 0 Å². The van der Waals surface area contributed by atoms with Gasteiger partial charge in [0.25, 0.3) is 0 Å². The zero-order valence-electron chi connectivity index (χ0n) is 8.22. The monoisotopic (exact) mass is 215 g/mol. The van der Waals surface area contributed by atoms with Gasteiger partial charge in [0.2, 0.25) is 0 Å². The van der Waals surface area contributed by atoms with Crippen LogP contribution in [-0.4, -0.2) is 39.3 Å². The third-order valence-electron chi connectivity index (χ3n) is 1.32. The highest BCUT2D eigenvalue weighted by atomic mass is 32.3. The van der Waals surface area contributed by atoms with Crippen LogP contribution in [0.1, 0.15) is 13.8 Å². The van der Waals surface area contributed by atoms with E-state index in [4.69, 9.17) is 15.0 Å². The maximum absolute atomic E-state index is 9.33. The third kappa shape index (κ3) is 14.6. The fourth-order valence-electron chi connectivity index (χ4n) is 0.215. The van der Waals surface area contributed by atoms with Gasteiger partial charge in [-0.2, -0.15) is 8.42 Å². The van der Waals surface area contributed by atoms with Crippen molar-refractivity contribution >= 4 is 10.4 Å². The molecule has 0 heterocycles. The van der Waals surface area contributed by atoms with Crippen molar-refractivity contribution < 1.29 is 21.9 Å². The van der Waals surface area contributed by atoms with Gasteiger partial charge >= 0.3 is 10.4 Å². The average molecular weight is 215 g/mol. The smallest absolute Gasteiger partial charge is 0.380 e. The second-order valence-electron chi connectivity index (χ2n) is 2.39. The Labute approximate surface area is 79.0 Å². The first-order valence-corrected chi connectivity index (χ1v) is 4.92. The number of hydrogen-bond donors (Lipinski definition) is 2.